The summed E-state index contributed by atoms with van der Waals surface area (Å²) in [6, 6.07) is 1.75. The van der Waals surface area contributed by atoms with E-state index in [1.807, 2.05) is 82.4 Å². The van der Waals surface area contributed by atoms with Crippen LogP contribution in [0.25, 0.3) is 0 Å². The minimum Gasteiger partial charge on any atom is 0 e. The second kappa shape index (κ2) is 23.6. The van der Waals surface area contributed by atoms with Gasteiger partial charge in [-0.3, -0.25) is 9.80 Å². The van der Waals surface area contributed by atoms with Crippen molar-refractivity contribution in [2.75, 3.05) is 28.2 Å². The number of nitrogens with zero attached hydrogens (tertiary/aromatic N) is 7. The van der Waals surface area contributed by atoms with Crippen LogP contribution >= 0.6 is 39.0 Å². The van der Waals surface area contributed by atoms with E-state index in [0.717, 1.165) is 22.4 Å². The van der Waals surface area contributed by atoms with Crippen LogP contribution in [-0.4, -0.2) is 64.8 Å². The Labute approximate surface area is 275 Å². The molecule has 0 bridgehead atoms. The fourth-order valence-corrected chi connectivity index (χ4v) is 3.06. The van der Waals surface area contributed by atoms with Crippen LogP contribution in [0.1, 0.15) is 32.6 Å². The Morgan fingerprint density at radius 1 is 0.744 bits per heavy atom. The Morgan fingerprint density at radius 2 is 1.00 bits per heavy atom. The number of halogens is 6. The first-order chi connectivity index (χ1) is 17.9. The zero-order valence-electron chi connectivity index (χ0n) is 22.1. The van der Waals surface area contributed by atoms with Crippen molar-refractivity contribution in [1.82, 2.24) is 29.4 Å². The van der Waals surface area contributed by atoms with E-state index in [2.05, 4.69) is 84.7 Å². The molecule has 0 atom stereocenters. The van der Waals surface area contributed by atoms with E-state index < -0.39 is 7.25 Å². The van der Waals surface area contributed by atoms with Crippen LogP contribution < -0.4 is 0 Å². The predicted molar refractivity (Wildman–Crippen MR) is 155 cm³/mol. The van der Waals surface area contributed by atoms with Gasteiger partial charge in [0.05, 0.1) is 6.07 Å². The number of hydrogen-bond acceptors (Lipinski definition) is 7. The molecule has 3 aliphatic heterocycles. The quantitative estimate of drug-likeness (QED) is 0.181. The maximum absolute atomic E-state index is 9.75. The first-order valence-corrected chi connectivity index (χ1v) is 20.4. The summed E-state index contributed by atoms with van der Waals surface area (Å²) in [6.45, 7) is 11.1. The Morgan fingerprint density at radius 3 is 1.21 bits per heavy atom. The number of rotatable bonds is 2. The molecule has 0 aromatic carbocycles. The second-order valence-electron chi connectivity index (χ2n) is 7.48. The third-order valence-corrected chi connectivity index (χ3v) is 4.33. The number of hydrogen-bond donors (Lipinski definition) is 0. The van der Waals surface area contributed by atoms with Crippen molar-refractivity contribution in [2.45, 2.75) is 32.6 Å². The molecular formula is C23H31BF4I2IrN7Pd-. The molecule has 1 saturated carbocycles. The van der Waals surface area contributed by atoms with E-state index in [1.165, 1.54) is 32.6 Å². The fourth-order valence-electron chi connectivity index (χ4n) is 3.06. The van der Waals surface area contributed by atoms with Gasteiger partial charge in [-0.1, -0.05) is 0 Å². The molecule has 0 saturated heterocycles. The molecule has 1 aliphatic carbocycles. The Kier molecular flexibility index (Phi) is 24.9. The Balaban J connectivity index is 0. The summed E-state index contributed by atoms with van der Waals surface area (Å²) in [6.07, 6.45) is 21.8. The normalized spacial score (nSPS) is 18.4. The molecule has 1 fully saturated rings. The minimum absolute atomic E-state index is 0. The van der Waals surface area contributed by atoms with Crippen LogP contribution in [0.5, 0.6) is 0 Å². The molecule has 16 heteroatoms. The van der Waals surface area contributed by atoms with E-state index in [1.54, 1.807) is 6.07 Å². The molecule has 0 amide bonds. The van der Waals surface area contributed by atoms with Gasteiger partial charge in [-0.15, -0.1) is 0 Å². The molecule has 0 aromatic heterocycles. The van der Waals surface area contributed by atoms with Gasteiger partial charge in [0.15, 0.2) is 11.6 Å². The monoisotopic (exact) mass is 1040 g/mol. The molecule has 223 valence electrons. The van der Waals surface area contributed by atoms with Gasteiger partial charge >= 0.3 is 57.0 Å². The fraction of sp³-hybridized carbons (Fsp3) is 0.391. The summed E-state index contributed by atoms with van der Waals surface area (Å²) in [5.74, 6) is 1.96. The van der Waals surface area contributed by atoms with Crippen LogP contribution in [0.3, 0.4) is 0 Å². The zero-order valence-corrected chi connectivity index (χ0v) is 30.3. The molecule has 0 spiro atoms. The smallest absolute Gasteiger partial charge is 0 e. The van der Waals surface area contributed by atoms with Crippen LogP contribution in [0.2, 0.25) is 0 Å². The molecule has 11 radical (unpaired) electrons. The van der Waals surface area contributed by atoms with Gasteiger partial charge < -0.3 is 36.9 Å². The van der Waals surface area contributed by atoms with E-state index in [4.69, 9.17) is 5.26 Å². The molecule has 7 nitrogen and oxygen atoms in total. The molecule has 0 unspecified atom stereocenters. The third-order valence-electron chi connectivity index (χ3n) is 4.33. The van der Waals surface area contributed by atoms with Gasteiger partial charge in [-0.05, 0) is 51.4 Å². The van der Waals surface area contributed by atoms with Crippen molar-refractivity contribution in [3.05, 3.63) is 82.1 Å². The van der Waals surface area contributed by atoms with Crippen LogP contribution in [-0.2, 0) is 30.9 Å². The van der Waals surface area contributed by atoms with Crippen molar-refractivity contribution in [3.8, 4) is 6.07 Å². The van der Waals surface area contributed by atoms with Crippen molar-refractivity contribution < 1.29 is 48.1 Å². The first kappa shape index (κ1) is 41.2. The van der Waals surface area contributed by atoms with Crippen LogP contribution in [0.4, 0.5) is 17.3 Å². The maximum atomic E-state index is 9.75. The van der Waals surface area contributed by atoms with Gasteiger partial charge in [-0.25, -0.2) is 0 Å². The minimum atomic E-state index is -6.00. The third kappa shape index (κ3) is 19.8. The predicted octanol–water partition coefficient (Wildman–Crippen LogP) is 6.39. The largest absolute Gasteiger partial charge is 0 e. The van der Waals surface area contributed by atoms with Crippen molar-refractivity contribution in [2.24, 2.45) is 0 Å². The summed E-state index contributed by atoms with van der Waals surface area (Å²) >= 11 is 4.65. The van der Waals surface area contributed by atoms with Gasteiger partial charge in [-0.2, -0.15) is 5.26 Å². The summed E-state index contributed by atoms with van der Waals surface area (Å²) in [4.78, 5) is 11.5. The molecular weight excluding hydrogens is 1010 g/mol. The molecule has 4 aliphatic rings. The SMILES string of the molecule is CC#N.CN1[C]N(C2=C(N3[C]N(C)C=C3)N(C)[C]N2C)C=C1.F[B-](F)(F)F.[CH]1[CH]CC[CH][CH]CC1.[I][Pd][I].[Ir]. The topological polar surface area (TPSA) is 43.2 Å². The average Bonchev–Trinajstić information content (AvgIpc) is 3.46. The molecule has 0 aromatic rings. The van der Waals surface area contributed by atoms with Crippen molar-refractivity contribution >= 4 is 46.3 Å². The summed E-state index contributed by atoms with van der Waals surface area (Å²) in [7, 11) is 2.72. The van der Waals surface area contributed by atoms with Gasteiger partial charge in [0.1, 0.15) is 0 Å². The first-order valence-electron chi connectivity index (χ1n) is 11.1. The van der Waals surface area contributed by atoms with Gasteiger partial charge in [0.25, 0.3) is 0 Å². The van der Waals surface area contributed by atoms with Gasteiger partial charge in [0.2, 0.25) is 20.0 Å². The van der Waals surface area contributed by atoms with E-state index in [-0.39, 0.29) is 20.1 Å². The Bertz CT molecular complexity index is 721. The zero-order chi connectivity index (χ0) is 29.1. The summed E-state index contributed by atoms with van der Waals surface area (Å²) in [5, 5.41) is 7.32. The van der Waals surface area contributed by atoms with Crippen molar-refractivity contribution in [3.63, 3.8) is 0 Å². The van der Waals surface area contributed by atoms with Crippen LogP contribution in [0.15, 0.2) is 36.4 Å². The molecule has 0 N–H and O–H groups in total. The maximum Gasteiger partial charge on any atom is 0 e. The summed E-state index contributed by atoms with van der Waals surface area (Å²) < 4.78 is 39.0. The molecule has 39 heavy (non-hydrogen) atoms. The molecule has 4 rings (SSSR count). The second-order valence-corrected chi connectivity index (χ2v) is 19.5. The van der Waals surface area contributed by atoms with Gasteiger partial charge in [0, 0.05) is 80.0 Å². The van der Waals surface area contributed by atoms with E-state index >= 15 is 0 Å². The van der Waals surface area contributed by atoms with Crippen LogP contribution in [0, 0.1) is 57.0 Å². The summed E-state index contributed by atoms with van der Waals surface area (Å²) in [5.41, 5.74) is 0. The van der Waals surface area contributed by atoms with Crippen molar-refractivity contribution in [1.29, 1.82) is 5.26 Å². The van der Waals surface area contributed by atoms with E-state index in [9.17, 15) is 17.3 Å². The number of nitriles is 1. The Hall–Kier alpha value is 0.0666. The average molecular weight is 1040 g/mol. The standard InChI is InChI=1S/C13H16N6.C8H12.C2H3N.BF4.2HI.Ir.Pd/c1-14-5-7-18(9-14)12-13(17(4)11-16(12)3)19-8-6-15(2)10-19;1-2-4-6-8-7-5-3-1;1-2-3;2-1(3,4)5;;;;/h5-8H,1-4H3;1-2,7-8H,3-6H2;1H3;;2*1H;;/q;;;-1;;;;+2/p-2. The molecule has 3 heterocycles. The van der Waals surface area contributed by atoms with E-state index in [0.29, 0.717) is 0 Å².